The van der Waals surface area contributed by atoms with Gasteiger partial charge >= 0.3 is 0 Å². The van der Waals surface area contributed by atoms with Gasteiger partial charge in [-0.05, 0) is 17.7 Å². The van der Waals surface area contributed by atoms with Crippen molar-refractivity contribution in [3.05, 3.63) is 34.1 Å². The molecule has 0 aromatic heterocycles. The van der Waals surface area contributed by atoms with Crippen LogP contribution < -0.4 is 5.73 Å². The second-order valence-corrected chi connectivity index (χ2v) is 3.68. The molecule has 4 heteroatoms. The fraction of sp³-hybridized carbons (Fsp3) is 0.333. The molecular weight excluding hydrogens is 237 g/mol. The largest absolute Gasteiger partial charge is 0.391 e. The average molecular weight is 248 g/mol. The monoisotopic (exact) mass is 247 g/mol. The topological polar surface area (TPSA) is 46.2 Å². The van der Waals surface area contributed by atoms with Gasteiger partial charge in [0.15, 0.2) is 0 Å². The molecule has 0 aliphatic rings. The quantitative estimate of drug-likeness (QED) is 0.850. The first-order valence-electron chi connectivity index (χ1n) is 3.95. The van der Waals surface area contributed by atoms with Gasteiger partial charge in [-0.25, -0.2) is 4.39 Å². The number of aliphatic hydroxyl groups excluding tert-OH is 1. The van der Waals surface area contributed by atoms with Gasteiger partial charge in [-0.3, -0.25) is 0 Å². The Morgan fingerprint density at radius 3 is 2.77 bits per heavy atom. The van der Waals surface area contributed by atoms with Crippen molar-refractivity contribution in [3.8, 4) is 0 Å². The van der Waals surface area contributed by atoms with Crippen molar-refractivity contribution in [3.63, 3.8) is 0 Å². The van der Waals surface area contributed by atoms with Crippen LogP contribution in [0.3, 0.4) is 0 Å². The van der Waals surface area contributed by atoms with E-state index < -0.39 is 6.10 Å². The Morgan fingerprint density at radius 1 is 1.54 bits per heavy atom. The molecule has 0 aliphatic heterocycles. The molecule has 1 aromatic rings. The van der Waals surface area contributed by atoms with Gasteiger partial charge in [-0.1, -0.05) is 22.0 Å². The van der Waals surface area contributed by atoms with E-state index >= 15 is 0 Å². The lowest BCUT2D eigenvalue weighted by molar-refractivity contribution is 0.183. The first-order chi connectivity index (χ1) is 6.13. The maximum Gasteiger partial charge on any atom is 0.124 e. The van der Waals surface area contributed by atoms with Crippen LogP contribution in [0.25, 0.3) is 0 Å². The van der Waals surface area contributed by atoms with Crippen molar-refractivity contribution in [2.75, 3.05) is 6.54 Å². The summed E-state index contributed by atoms with van der Waals surface area (Å²) in [7, 11) is 0. The van der Waals surface area contributed by atoms with E-state index in [1.54, 1.807) is 6.07 Å². The second kappa shape index (κ2) is 4.69. The third-order valence-electron chi connectivity index (χ3n) is 1.74. The first-order valence-corrected chi connectivity index (χ1v) is 4.75. The van der Waals surface area contributed by atoms with E-state index in [0.29, 0.717) is 10.9 Å². The van der Waals surface area contributed by atoms with E-state index in [1.165, 1.54) is 12.1 Å². The number of rotatable bonds is 3. The minimum atomic E-state index is -0.568. The van der Waals surface area contributed by atoms with E-state index in [1.807, 2.05) is 0 Å². The summed E-state index contributed by atoms with van der Waals surface area (Å²) in [6.45, 7) is 0.212. The molecule has 72 valence electrons. The Kier molecular flexibility index (Phi) is 3.84. The van der Waals surface area contributed by atoms with Crippen LogP contribution in [0.2, 0.25) is 0 Å². The highest BCUT2D eigenvalue weighted by Gasteiger charge is 2.06. The van der Waals surface area contributed by atoms with Crippen LogP contribution in [0, 0.1) is 5.82 Å². The lowest BCUT2D eigenvalue weighted by Gasteiger charge is -2.08. The first kappa shape index (κ1) is 10.6. The minimum absolute atomic E-state index is 0.212. The molecule has 2 nitrogen and oxygen atoms in total. The Morgan fingerprint density at radius 2 is 2.23 bits per heavy atom. The number of aliphatic hydroxyl groups is 1. The van der Waals surface area contributed by atoms with Crippen LogP contribution in [0.5, 0.6) is 0 Å². The van der Waals surface area contributed by atoms with Crippen molar-refractivity contribution in [1.82, 2.24) is 0 Å². The molecule has 0 spiro atoms. The maximum absolute atomic E-state index is 12.6. The Bertz CT molecular complexity index is 293. The zero-order chi connectivity index (χ0) is 9.84. The summed E-state index contributed by atoms with van der Waals surface area (Å²) in [6.07, 6.45) is -0.126. The summed E-state index contributed by atoms with van der Waals surface area (Å²) in [4.78, 5) is 0. The van der Waals surface area contributed by atoms with E-state index in [2.05, 4.69) is 15.9 Å². The van der Waals surface area contributed by atoms with Crippen molar-refractivity contribution in [1.29, 1.82) is 0 Å². The molecule has 0 amide bonds. The molecule has 0 bridgehead atoms. The molecule has 0 aliphatic carbocycles. The van der Waals surface area contributed by atoms with Crippen LogP contribution >= 0.6 is 15.9 Å². The minimum Gasteiger partial charge on any atom is -0.391 e. The molecule has 1 rings (SSSR count). The molecule has 0 saturated heterocycles. The van der Waals surface area contributed by atoms with Gasteiger partial charge in [0.25, 0.3) is 0 Å². The fourth-order valence-corrected chi connectivity index (χ4v) is 1.54. The summed E-state index contributed by atoms with van der Waals surface area (Å²) in [5.74, 6) is -0.294. The number of hydrogen-bond acceptors (Lipinski definition) is 2. The van der Waals surface area contributed by atoms with Crippen LogP contribution in [0.1, 0.15) is 5.56 Å². The van der Waals surface area contributed by atoms with Gasteiger partial charge < -0.3 is 10.8 Å². The van der Waals surface area contributed by atoms with Crippen LogP contribution in [-0.2, 0) is 6.42 Å². The SMILES string of the molecule is NCC(O)Cc1ccc(F)cc1Br. The zero-order valence-corrected chi connectivity index (χ0v) is 8.59. The van der Waals surface area contributed by atoms with E-state index in [9.17, 15) is 9.50 Å². The molecule has 0 saturated carbocycles. The highest BCUT2D eigenvalue weighted by Crippen LogP contribution is 2.19. The number of benzene rings is 1. The second-order valence-electron chi connectivity index (χ2n) is 2.83. The van der Waals surface area contributed by atoms with Crippen molar-refractivity contribution in [2.24, 2.45) is 5.73 Å². The summed E-state index contributed by atoms with van der Waals surface area (Å²) in [5, 5.41) is 9.27. The normalized spacial score (nSPS) is 12.9. The van der Waals surface area contributed by atoms with Crippen molar-refractivity contribution in [2.45, 2.75) is 12.5 Å². The van der Waals surface area contributed by atoms with Crippen molar-refractivity contribution < 1.29 is 9.50 Å². The molecule has 1 atom stereocenters. The standard InChI is InChI=1S/C9H11BrFNO/c10-9-4-7(11)2-1-6(9)3-8(13)5-12/h1-2,4,8,13H,3,5,12H2. The summed E-state index contributed by atoms with van der Waals surface area (Å²) >= 11 is 3.21. The van der Waals surface area contributed by atoms with Gasteiger partial charge in [-0.15, -0.1) is 0 Å². The Hall–Kier alpha value is -0.450. The smallest absolute Gasteiger partial charge is 0.124 e. The number of hydrogen-bond donors (Lipinski definition) is 2. The number of halogens is 2. The van der Waals surface area contributed by atoms with Gasteiger partial charge in [0, 0.05) is 17.4 Å². The fourth-order valence-electron chi connectivity index (χ4n) is 1.02. The highest BCUT2D eigenvalue weighted by molar-refractivity contribution is 9.10. The molecule has 1 aromatic carbocycles. The van der Waals surface area contributed by atoms with Gasteiger partial charge in [-0.2, -0.15) is 0 Å². The predicted molar refractivity (Wildman–Crippen MR) is 52.9 cm³/mol. The zero-order valence-electron chi connectivity index (χ0n) is 7.00. The summed E-state index contributed by atoms with van der Waals surface area (Å²) in [5.41, 5.74) is 6.12. The third kappa shape index (κ3) is 3.06. The highest BCUT2D eigenvalue weighted by atomic mass is 79.9. The lowest BCUT2D eigenvalue weighted by atomic mass is 10.1. The molecule has 13 heavy (non-hydrogen) atoms. The Labute approximate surface area is 84.7 Å². The lowest BCUT2D eigenvalue weighted by Crippen LogP contribution is -2.22. The van der Waals surface area contributed by atoms with Gasteiger partial charge in [0.05, 0.1) is 6.10 Å². The number of nitrogens with two attached hydrogens (primary N) is 1. The van der Waals surface area contributed by atoms with Crippen LogP contribution in [0.15, 0.2) is 22.7 Å². The molecule has 0 radical (unpaired) electrons. The average Bonchev–Trinajstić information content (AvgIpc) is 2.09. The maximum atomic E-state index is 12.6. The van der Waals surface area contributed by atoms with Gasteiger partial charge in [0.1, 0.15) is 5.82 Å². The van der Waals surface area contributed by atoms with Crippen molar-refractivity contribution >= 4 is 15.9 Å². The van der Waals surface area contributed by atoms with E-state index in [-0.39, 0.29) is 12.4 Å². The predicted octanol–water partition coefficient (Wildman–Crippen LogP) is 1.45. The molecular formula is C9H11BrFNO. The van der Waals surface area contributed by atoms with Crippen LogP contribution in [0.4, 0.5) is 4.39 Å². The van der Waals surface area contributed by atoms with E-state index in [0.717, 1.165) is 5.56 Å². The molecule has 3 N–H and O–H groups in total. The van der Waals surface area contributed by atoms with Crippen LogP contribution in [-0.4, -0.2) is 17.8 Å². The van der Waals surface area contributed by atoms with Gasteiger partial charge in [0.2, 0.25) is 0 Å². The van der Waals surface area contributed by atoms with E-state index in [4.69, 9.17) is 5.73 Å². The molecule has 0 fully saturated rings. The molecule has 0 heterocycles. The molecule has 1 unspecified atom stereocenters. The Balaban J connectivity index is 2.77. The third-order valence-corrected chi connectivity index (χ3v) is 2.48. The summed E-state index contributed by atoms with van der Waals surface area (Å²) < 4.78 is 13.3. The summed E-state index contributed by atoms with van der Waals surface area (Å²) in [6, 6.07) is 4.38.